The van der Waals surface area contributed by atoms with Crippen molar-refractivity contribution >= 4 is 0 Å². The highest BCUT2D eigenvalue weighted by Crippen LogP contribution is 2.23. The second-order valence-electron chi connectivity index (χ2n) is 5.05. The fraction of sp³-hybridized carbons (Fsp3) is 0.643. The molecule has 0 amide bonds. The van der Waals surface area contributed by atoms with Gasteiger partial charge < -0.3 is 9.88 Å². The molecule has 1 fully saturated rings. The van der Waals surface area contributed by atoms with Gasteiger partial charge >= 0.3 is 0 Å². The lowest BCUT2D eigenvalue weighted by Gasteiger charge is -2.29. The molecule has 1 saturated carbocycles. The SMILES string of the molecule is CC1CCCCC1NCCn1ccccc1=O. The summed E-state index contributed by atoms with van der Waals surface area (Å²) in [5, 5.41) is 3.59. The molecular formula is C14H22N2O. The van der Waals surface area contributed by atoms with Crippen molar-refractivity contribution in [1.29, 1.82) is 0 Å². The van der Waals surface area contributed by atoms with Crippen LogP contribution in [0.1, 0.15) is 32.6 Å². The van der Waals surface area contributed by atoms with Gasteiger partial charge in [-0.1, -0.05) is 25.8 Å². The van der Waals surface area contributed by atoms with Crippen molar-refractivity contribution in [1.82, 2.24) is 9.88 Å². The van der Waals surface area contributed by atoms with Crippen molar-refractivity contribution < 1.29 is 0 Å². The van der Waals surface area contributed by atoms with E-state index in [4.69, 9.17) is 0 Å². The van der Waals surface area contributed by atoms with Crippen LogP contribution in [0.4, 0.5) is 0 Å². The second kappa shape index (κ2) is 6.01. The first kappa shape index (κ1) is 12.4. The van der Waals surface area contributed by atoms with Crippen LogP contribution in [-0.2, 0) is 6.54 Å². The number of rotatable bonds is 4. The lowest BCUT2D eigenvalue weighted by molar-refractivity contribution is 0.278. The third-order valence-electron chi connectivity index (χ3n) is 3.77. The smallest absolute Gasteiger partial charge is 0.250 e. The van der Waals surface area contributed by atoms with Crippen molar-refractivity contribution in [2.75, 3.05) is 6.54 Å². The van der Waals surface area contributed by atoms with Crippen molar-refractivity contribution in [2.45, 2.75) is 45.2 Å². The molecule has 1 heterocycles. The van der Waals surface area contributed by atoms with Gasteiger partial charge in [-0.05, 0) is 24.8 Å². The Morgan fingerprint density at radius 3 is 2.94 bits per heavy atom. The van der Waals surface area contributed by atoms with E-state index in [0.29, 0.717) is 6.04 Å². The summed E-state index contributed by atoms with van der Waals surface area (Å²) in [6.45, 7) is 3.98. The van der Waals surface area contributed by atoms with E-state index in [9.17, 15) is 4.79 Å². The Kier molecular flexibility index (Phi) is 4.37. The van der Waals surface area contributed by atoms with Crippen LogP contribution in [0.15, 0.2) is 29.2 Å². The predicted molar refractivity (Wildman–Crippen MR) is 70.1 cm³/mol. The van der Waals surface area contributed by atoms with Crippen LogP contribution in [0.25, 0.3) is 0 Å². The highest BCUT2D eigenvalue weighted by atomic mass is 16.1. The van der Waals surface area contributed by atoms with Crippen molar-refractivity contribution in [3.8, 4) is 0 Å². The predicted octanol–water partition coefficient (Wildman–Crippen LogP) is 2.02. The van der Waals surface area contributed by atoms with Gasteiger partial charge in [-0.15, -0.1) is 0 Å². The van der Waals surface area contributed by atoms with E-state index >= 15 is 0 Å². The van der Waals surface area contributed by atoms with E-state index in [1.807, 2.05) is 12.3 Å². The van der Waals surface area contributed by atoms with Gasteiger partial charge in [-0.2, -0.15) is 0 Å². The van der Waals surface area contributed by atoms with E-state index in [1.54, 1.807) is 16.7 Å². The summed E-state index contributed by atoms with van der Waals surface area (Å²) in [5.74, 6) is 0.774. The standard InChI is InChI=1S/C14H22N2O/c1-12-6-2-3-7-13(12)15-9-11-16-10-5-4-8-14(16)17/h4-5,8,10,12-13,15H,2-3,6-7,9,11H2,1H3. The average molecular weight is 234 g/mol. The lowest BCUT2D eigenvalue weighted by atomic mass is 9.86. The molecule has 0 aromatic carbocycles. The zero-order valence-electron chi connectivity index (χ0n) is 10.6. The molecule has 0 spiro atoms. The fourth-order valence-electron chi connectivity index (χ4n) is 2.64. The molecule has 0 aliphatic heterocycles. The molecule has 3 nitrogen and oxygen atoms in total. The second-order valence-corrected chi connectivity index (χ2v) is 5.05. The van der Waals surface area contributed by atoms with Crippen molar-refractivity contribution in [2.24, 2.45) is 5.92 Å². The minimum atomic E-state index is 0.0889. The molecule has 3 heteroatoms. The Labute approximate surface area is 103 Å². The molecule has 1 aromatic rings. The maximum Gasteiger partial charge on any atom is 0.250 e. The molecule has 2 atom stereocenters. The average Bonchev–Trinajstić information content (AvgIpc) is 2.34. The largest absolute Gasteiger partial charge is 0.314 e. The van der Waals surface area contributed by atoms with Crippen LogP contribution >= 0.6 is 0 Å². The summed E-state index contributed by atoms with van der Waals surface area (Å²) in [4.78, 5) is 11.5. The van der Waals surface area contributed by atoms with Crippen LogP contribution in [0.5, 0.6) is 0 Å². The summed E-state index contributed by atoms with van der Waals surface area (Å²) in [7, 11) is 0. The van der Waals surface area contributed by atoms with Crippen molar-refractivity contribution in [3.05, 3.63) is 34.7 Å². The van der Waals surface area contributed by atoms with Gasteiger partial charge in [0.1, 0.15) is 0 Å². The van der Waals surface area contributed by atoms with E-state index in [-0.39, 0.29) is 5.56 Å². The van der Waals surface area contributed by atoms with Gasteiger partial charge in [-0.25, -0.2) is 0 Å². The van der Waals surface area contributed by atoms with Gasteiger partial charge in [0, 0.05) is 31.4 Å². The Morgan fingerprint density at radius 2 is 2.18 bits per heavy atom. The van der Waals surface area contributed by atoms with Gasteiger partial charge in [0.05, 0.1) is 0 Å². The number of hydrogen-bond donors (Lipinski definition) is 1. The summed E-state index contributed by atoms with van der Waals surface area (Å²) in [6.07, 6.45) is 7.19. The van der Waals surface area contributed by atoms with E-state index < -0.39 is 0 Å². The Hall–Kier alpha value is -1.09. The highest BCUT2D eigenvalue weighted by molar-refractivity contribution is 4.93. The van der Waals surface area contributed by atoms with E-state index in [1.165, 1.54) is 25.7 Å². The van der Waals surface area contributed by atoms with E-state index in [0.717, 1.165) is 19.0 Å². The number of hydrogen-bond acceptors (Lipinski definition) is 2. The quantitative estimate of drug-likeness (QED) is 0.864. The first-order valence-electron chi connectivity index (χ1n) is 6.66. The highest BCUT2D eigenvalue weighted by Gasteiger charge is 2.19. The minimum absolute atomic E-state index is 0.0889. The van der Waals surface area contributed by atoms with Crippen LogP contribution in [0.2, 0.25) is 0 Å². The van der Waals surface area contributed by atoms with Crippen LogP contribution in [-0.4, -0.2) is 17.2 Å². The summed E-state index contributed by atoms with van der Waals surface area (Å²) in [6, 6.07) is 5.95. The Bertz CT molecular complexity index is 399. The Balaban J connectivity index is 1.79. The zero-order valence-corrected chi connectivity index (χ0v) is 10.6. The number of nitrogens with one attached hydrogen (secondary N) is 1. The molecular weight excluding hydrogens is 212 g/mol. The van der Waals surface area contributed by atoms with Gasteiger partial charge in [0.15, 0.2) is 0 Å². The molecule has 1 N–H and O–H groups in total. The lowest BCUT2D eigenvalue weighted by Crippen LogP contribution is -2.39. The van der Waals surface area contributed by atoms with Crippen LogP contribution < -0.4 is 10.9 Å². The fourth-order valence-corrected chi connectivity index (χ4v) is 2.64. The maximum absolute atomic E-state index is 11.5. The summed E-state index contributed by atoms with van der Waals surface area (Å²) in [5.41, 5.74) is 0.0889. The number of pyridine rings is 1. The Morgan fingerprint density at radius 1 is 1.35 bits per heavy atom. The molecule has 2 rings (SSSR count). The van der Waals surface area contributed by atoms with Crippen LogP contribution in [0, 0.1) is 5.92 Å². The molecule has 1 aliphatic carbocycles. The normalized spacial score (nSPS) is 24.8. The first-order valence-corrected chi connectivity index (χ1v) is 6.66. The monoisotopic (exact) mass is 234 g/mol. The molecule has 17 heavy (non-hydrogen) atoms. The molecule has 1 aromatic heterocycles. The summed E-state index contributed by atoms with van der Waals surface area (Å²) >= 11 is 0. The molecule has 94 valence electrons. The molecule has 0 radical (unpaired) electrons. The summed E-state index contributed by atoms with van der Waals surface area (Å²) < 4.78 is 1.76. The van der Waals surface area contributed by atoms with Crippen molar-refractivity contribution in [3.63, 3.8) is 0 Å². The van der Waals surface area contributed by atoms with Gasteiger partial charge in [0.25, 0.3) is 5.56 Å². The topological polar surface area (TPSA) is 34.0 Å². The zero-order chi connectivity index (χ0) is 12.1. The first-order chi connectivity index (χ1) is 8.27. The molecule has 1 aliphatic rings. The van der Waals surface area contributed by atoms with Gasteiger partial charge in [-0.3, -0.25) is 4.79 Å². The van der Waals surface area contributed by atoms with Gasteiger partial charge in [0.2, 0.25) is 0 Å². The number of aromatic nitrogens is 1. The molecule has 0 bridgehead atoms. The van der Waals surface area contributed by atoms with E-state index in [2.05, 4.69) is 12.2 Å². The third-order valence-corrected chi connectivity index (χ3v) is 3.77. The van der Waals surface area contributed by atoms with Crippen LogP contribution in [0.3, 0.4) is 0 Å². The minimum Gasteiger partial charge on any atom is -0.314 e. The number of nitrogens with zero attached hydrogens (tertiary/aromatic N) is 1. The molecule has 0 saturated heterocycles. The molecule has 2 unspecified atom stereocenters. The maximum atomic E-state index is 11.5. The third kappa shape index (κ3) is 3.43.